The van der Waals surface area contributed by atoms with Crippen LogP contribution in [0.15, 0.2) is 0 Å². The van der Waals surface area contributed by atoms with Crippen LogP contribution < -0.4 is 16.0 Å². The van der Waals surface area contributed by atoms with Crippen LogP contribution >= 0.6 is 0 Å². The molecule has 0 unspecified atom stereocenters. The molecule has 2 aliphatic heterocycles. The van der Waals surface area contributed by atoms with Crippen LogP contribution in [0.1, 0.15) is 45.4 Å². The standard InChI is InChI=1S/C19H32N4O6/c1-19(17(26)27,22-18(28)29-2)21-16(25)14-4-3-11-23(12-14)15(24)6-5-13-7-9-20-10-8-13/h13-14,20H,3-12H2,1-2H3,(H,21,25)(H,22,28)(H,26,27)/t14-,19+/m1/s1. The Labute approximate surface area is 170 Å². The van der Waals surface area contributed by atoms with Gasteiger partial charge in [0.1, 0.15) is 0 Å². The second-order valence-electron chi connectivity index (χ2n) is 7.95. The maximum Gasteiger partial charge on any atom is 0.409 e. The molecule has 10 nitrogen and oxygen atoms in total. The Bertz CT molecular complexity index is 622. The first-order valence-corrected chi connectivity index (χ1v) is 10.1. The number of aliphatic carboxylic acids is 1. The van der Waals surface area contributed by atoms with Gasteiger partial charge in [-0.3, -0.25) is 14.9 Å². The molecule has 2 heterocycles. The fourth-order valence-corrected chi connectivity index (χ4v) is 3.82. The van der Waals surface area contributed by atoms with E-state index in [1.165, 1.54) is 6.92 Å². The Morgan fingerprint density at radius 1 is 1.17 bits per heavy atom. The number of nitrogens with one attached hydrogen (secondary N) is 3. The Kier molecular flexibility index (Phi) is 8.24. The molecule has 2 saturated heterocycles. The second kappa shape index (κ2) is 10.4. The highest BCUT2D eigenvalue weighted by molar-refractivity contribution is 5.90. The fraction of sp³-hybridized carbons (Fsp3) is 0.789. The van der Waals surface area contributed by atoms with Crippen LogP contribution in [-0.2, 0) is 19.1 Å². The molecule has 2 aliphatic rings. The summed E-state index contributed by atoms with van der Waals surface area (Å²) in [6, 6.07) is 0. The van der Waals surface area contributed by atoms with Crippen molar-refractivity contribution in [2.45, 2.75) is 51.1 Å². The first-order valence-electron chi connectivity index (χ1n) is 10.1. The van der Waals surface area contributed by atoms with E-state index < -0.39 is 29.6 Å². The molecule has 2 atom stereocenters. The summed E-state index contributed by atoms with van der Waals surface area (Å²) in [7, 11) is 1.11. The van der Waals surface area contributed by atoms with E-state index in [-0.39, 0.29) is 12.5 Å². The minimum Gasteiger partial charge on any atom is -0.478 e. The third-order valence-corrected chi connectivity index (χ3v) is 5.71. The van der Waals surface area contributed by atoms with Crippen molar-refractivity contribution in [1.82, 2.24) is 20.9 Å². The van der Waals surface area contributed by atoms with Gasteiger partial charge < -0.3 is 25.4 Å². The number of hydrogen-bond acceptors (Lipinski definition) is 6. The maximum atomic E-state index is 12.6. The van der Waals surface area contributed by atoms with Crippen molar-refractivity contribution in [1.29, 1.82) is 0 Å². The molecular formula is C19H32N4O6. The van der Waals surface area contributed by atoms with Crippen LogP contribution in [0.5, 0.6) is 0 Å². The van der Waals surface area contributed by atoms with E-state index in [2.05, 4.69) is 20.7 Å². The first kappa shape index (κ1) is 22.9. The number of carboxylic acids is 1. The lowest BCUT2D eigenvalue weighted by atomic mass is 9.92. The van der Waals surface area contributed by atoms with Gasteiger partial charge >= 0.3 is 12.1 Å². The molecule has 3 amide bonds. The van der Waals surface area contributed by atoms with Gasteiger partial charge in [-0.2, -0.15) is 0 Å². The average Bonchev–Trinajstić information content (AvgIpc) is 2.72. The molecule has 0 aromatic rings. The van der Waals surface area contributed by atoms with E-state index in [1.807, 2.05) is 0 Å². The quantitative estimate of drug-likeness (QED) is 0.441. The molecular weight excluding hydrogens is 380 g/mol. The molecule has 10 heteroatoms. The highest BCUT2D eigenvalue weighted by atomic mass is 16.5. The van der Waals surface area contributed by atoms with Gasteiger partial charge in [-0.25, -0.2) is 9.59 Å². The number of hydrogen-bond donors (Lipinski definition) is 4. The summed E-state index contributed by atoms with van der Waals surface area (Å²) >= 11 is 0. The zero-order valence-corrected chi connectivity index (χ0v) is 17.2. The van der Waals surface area contributed by atoms with Crippen LogP contribution in [-0.4, -0.2) is 72.8 Å². The topological polar surface area (TPSA) is 137 Å². The molecule has 4 N–H and O–H groups in total. The molecule has 2 rings (SSSR count). The highest BCUT2D eigenvalue weighted by Gasteiger charge is 2.39. The average molecular weight is 412 g/mol. The smallest absolute Gasteiger partial charge is 0.409 e. The number of methoxy groups -OCH3 is 1. The van der Waals surface area contributed by atoms with Crippen LogP contribution in [0, 0.1) is 11.8 Å². The van der Waals surface area contributed by atoms with Gasteiger partial charge in [0.2, 0.25) is 17.5 Å². The van der Waals surface area contributed by atoms with Gasteiger partial charge in [-0.15, -0.1) is 0 Å². The van der Waals surface area contributed by atoms with Gasteiger partial charge in [0.15, 0.2) is 0 Å². The predicted molar refractivity (Wildman–Crippen MR) is 104 cm³/mol. The van der Waals surface area contributed by atoms with Crippen molar-refractivity contribution in [3.63, 3.8) is 0 Å². The summed E-state index contributed by atoms with van der Waals surface area (Å²) < 4.78 is 4.43. The van der Waals surface area contributed by atoms with Crippen LogP contribution in [0.2, 0.25) is 0 Å². The SMILES string of the molecule is COC(=O)N[C@](C)(NC(=O)[C@@H]1CCCN(C(=O)CCC2CCNCC2)C1)C(=O)O. The lowest BCUT2D eigenvalue weighted by Crippen LogP contribution is -2.65. The number of nitrogens with zero attached hydrogens (tertiary/aromatic N) is 1. The molecule has 0 bridgehead atoms. The summed E-state index contributed by atoms with van der Waals surface area (Å²) in [6.07, 6.45) is 3.75. The molecule has 0 saturated carbocycles. The minimum absolute atomic E-state index is 0.0368. The molecule has 0 radical (unpaired) electrons. The van der Waals surface area contributed by atoms with Crippen molar-refractivity contribution >= 4 is 23.9 Å². The molecule has 0 aliphatic carbocycles. The predicted octanol–water partition coefficient (Wildman–Crippen LogP) is 0.278. The van der Waals surface area contributed by atoms with Gasteiger partial charge in [0.05, 0.1) is 13.0 Å². The Hall–Kier alpha value is -2.36. The second-order valence-corrected chi connectivity index (χ2v) is 7.95. The van der Waals surface area contributed by atoms with Crippen molar-refractivity contribution in [3.8, 4) is 0 Å². The van der Waals surface area contributed by atoms with E-state index in [4.69, 9.17) is 0 Å². The number of ether oxygens (including phenoxy) is 1. The van der Waals surface area contributed by atoms with Gasteiger partial charge in [0.25, 0.3) is 0 Å². The van der Waals surface area contributed by atoms with E-state index in [0.717, 1.165) is 39.5 Å². The summed E-state index contributed by atoms with van der Waals surface area (Å²) in [5.41, 5.74) is -1.99. The number of amides is 3. The number of carbonyl (C=O) groups is 4. The van der Waals surface area contributed by atoms with Crippen LogP contribution in [0.25, 0.3) is 0 Å². The summed E-state index contributed by atoms with van der Waals surface area (Å²) in [4.78, 5) is 49.9. The largest absolute Gasteiger partial charge is 0.478 e. The van der Waals surface area contributed by atoms with Gasteiger partial charge in [0, 0.05) is 19.5 Å². The molecule has 164 valence electrons. The molecule has 0 aromatic heterocycles. The molecule has 0 aromatic carbocycles. The monoisotopic (exact) mass is 412 g/mol. The number of alkyl carbamates (subject to hydrolysis) is 1. The normalized spacial score (nSPS) is 22.3. The zero-order chi connectivity index (χ0) is 21.4. The summed E-state index contributed by atoms with van der Waals surface area (Å²) in [5, 5.41) is 17.2. The van der Waals surface area contributed by atoms with Crippen molar-refractivity contribution < 1.29 is 29.0 Å². The Balaban J connectivity index is 1.89. The number of rotatable bonds is 7. The van der Waals surface area contributed by atoms with E-state index >= 15 is 0 Å². The number of carbonyl (C=O) groups excluding carboxylic acids is 3. The summed E-state index contributed by atoms with van der Waals surface area (Å²) in [6.45, 7) is 4.02. The number of piperidine rings is 2. The van der Waals surface area contributed by atoms with Crippen molar-refractivity contribution in [2.24, 2.45) is 11.8 Å². The van der Waals surface area contributed by atoms with E-state index in [0.29, 0.717) is 31.7 Å². The van der Waals surface area contributed by atoms with Gasteiger partial charge in [-0.1, -0.05) is 0 Å². The third kappa shape index (κ3) is 6.59. The molecule has 2 fully saturated rings. The summed E-state index contributed by atoms with van der Waals surface area (Å²) in [5.74, 6) is -1.85. The van der Waals surface area contributed by atoms with Crippen LogP contribution in [0.4, 0.5) is 4.79 Å². The lowest BCUT2D eigenvalue weighted by molar-refractivity contribution is -0.149. The van der Waals surface area contributed by atoms with E-state index in [9.17, 15) is 24.3 Å². The zero-order valence-electron chi connectivity index (χ0n) is 17.2. The third-order valence-electron chi connectivity index (χ3n) is 5.71. The first-order chi connectivity index (χ1) is 13.7. The number of likely N-dealkylation sites (tertiary alicyclic amines) is 1. The Morgan fingerprint density at radius 3 is 2.48 bits per heavy atom. The van der Waals surface area contributed by atoms with Crippen molar-refractivity contribution in [3.05, 3.63) is 0 Å². The molecule has 29 heavy (non-hydrogen) atoms. The van der Waals surface area contributed by atoms with Crippen molar-refractivity contribution in [2.75, 3.05) is 33.3 Å². The number of carboxylic acid groups (broad SMARTS) is 1. The van der Waals surface area contributed by atoms with E-state index in [1.54, 1.807) is 4.90 Å². The fourth-order valence-electron chi connectivity index (χ4n) is 3.82. The van der Waals surface area contributed by atoms with Crippen LogP contribution in [0.3, 0.4) is 0 Å². The lowest BCUT2D eigenvalue weighted by Gasteiger charge is -2.35. The minimum atomic E-state index is -1.99. The maximum absolute atomic E-state index is 12.6. The molecule has 0 spiro atoms. The Morgan fingerprint density at radius 2 is 1.86 bits per heavy atom. The highest BCUT2D eigenvalue weighted by Crippen LogP contribution is 2.22. The van der Waals surface area contributed by atoms with Gasteiger partial charge in [-0.05, 0) is 58.0 Å².